The third-order valence-corrected chi connectivity index (χ3v) is 5.68. The molecular weight excluding hydrogens is 427 g/mol. The van der Waals surface area contributed by atoms with Gasteiger partial charge in [-0.15, -0.1) is 24.0 Å². The summed E-state index contributed by atoms with van der Waals surface area (Å²) in [5.41, 5.74) is -0.552. The first-order chi connectivity index (χ1) is 10.5. The van der Waals surface area contributed by atoms with Crippen molar-refractivity contribution in [1.29, 1.82) is 0 Å². The summed E-state index contributed by atoms with van der Waals surface area (Å²) in [6, 6.07) is 0. The van der Waals surface area contributed by atoms with Crippen molar-refractivity contribution in [3.05, 3.63) is 0 Å². The largest absolute Gasteiger partial charge is 0.387 e. The van der Waals surface area contributed by atoms with Crippen molar-refractivity contribution < 1.29 is 9.84 Å². The fourth-order valence-corrected chi connectivity index (χ4v) is 4.08. The molecule has 0 bridgehead atoms. The van der Waals surface area contributed by atoms with Crippen LogP contribution in [0.5, 0.6) is 0 Å². The molecule has 0 aliphatic carbocycles. The van der Waals surface area contributed by atoms with E-state index in [0.29, 0.717) is 6.54 Å². The van der Waals surface area contributed by atoms with Gasteiger partial charge in [0.2, 0.25) is 0 Å². The van der Waals surface area contributed by atoms with Crippen molar-refractivity contribution >= 4 is 41.7 Å². The molecule has 0 radical (unpaired) electrons. The highest BCUT2D eigenvalue weighted by Gasteiger charge is 2.32. The maximum Gasteiger partial charge on any atom is 0.191 e. The molecule has 136 valence electrons. The summed E-state index contributed by atoms with van der Waals surface area (Å²) in [7, 11) is 1.77. The smallest absolute Gasteiger partial charge is 0.191 e. The first kappa shape index (κ1) is 21.3. The molecule has 8 heteroatoms. The average molecular weight is 458 g/mol. The van der Waals surface area contributed by atoms with Crippen molar-refractivity contribution in [3.8, 4) is 0 Å². The fraction of sp³-hybridized carbons (Fsp3) is 0.933. The van der Waals surface area contributed by atoms with E-state index in [4.69, 9.17) is 4.74 Å². The van der Waals surface area contributed by atoms with Crippen LogP contribution in [0.3, 0.4) is 0 Å². The first-order valence-electron chi connectivity index (χ1n) is 8.03. The molecule has 2 aliphatic rings. The zero-order valence-corrected chi connectivity index (χ0v) is 17.6. The molecule has 2 heterocycles. The van der Waals surface area contributed by atoms with Gasteiger partial charge in [0.25, 0.3) is 0 Å². The maximum absolute atomic E-state index is 10.4. The number of aliphatic hydroxyl groups is 1. The number of hydrogen-bond donors (Lipinski definition) is 3. The number of guanidine groups is 1. The topological polar surface area (TPSA) is 69.1 Å². The maximum atomic E-state index is 10.4. The SMILES string of the molecule is CN=C(NCC1(O)CCSC1)NCC(C)(C)N1CCOCC1.I. The minimum absolute atomic E-state index is 0. The van der Waals surface area contributed by atoms with Crippen LogP contribution < -0.4 is 10.6 Å². The number of aliphatic imine (C=N–C) groups is 1. The lowest BCUT2D eigenvalue weighted by Crippen LogP contribution is -2.57. The molecular formula is C15H31IN4O2S. The predicted molar refractivity (Wildman–Crippen MR) is 108 cm³/mol. The molecule has 0 aromatic carbocycles. The Morgan fingerprint density at radius 1 is 1.35 bits per heavy atom. The summed E-state index contributed by atoms with van der Waals surface area (Å²) < 4.78 is 5.42. The minimum atomic E-state index is -0.595. The summed E-state index contributed by atoms with van der Waals surface area (Å²) in [5.74, 6) is 2.59. The van der Waals surface area contributed by atoms with Crippen molar-refractivity contribution in [3.63, 3.8) is 0 Å². The van der Waals surface area contributed by atoms with Crippen LogP contribution in [0.4, 0.5) is 0 Å². The highest BCUT2D eigenvalue weighted by atomic mass is 127. The molecule has 0 spiro atoms. The Bertz CT molecular complexity index is 384. The summed E-state index contributed by atoms with van der Waals surface area (Å²) in [6.07, 6.45) is 0.848. The summed E-state index contributed by atoms with van der Waals surface area (Å²) in [6.45, 7) is 9.38. The molecule has 1 atom stereocenters. The Hall–Kier alpha value is 0.230. The van der Waals surface area contributed by atoms with Gasteiger partial charge >= 0.3 is 0 Å². The number of halogens is 1. The Labute approximate surface area is 161 Å². The van der Waals surface area contributed by atoms with Gasteiger partial charge in [-0.25, -0.2) is 0 Å². The van der Waals surface area contributed by atoms with Crippen LogP contribution in [0.25, 0.3) is 0 Å². The molecule has 6 nitrogen and oxygen atoms in total. The van der Waals surface area contributed by atoms with E-state index in [2.05, 4.69) is 34.4 Å². The number of nitrogens with one attached hydrogen (secondary N) is 2. The summed E-state index contributed by atoms with van der Waals surface area (Å²) in [4.78, 5) is 6.70. The molecule has 0 aromatic rings. The van der Waals surface area contributed by atoms with Crippen molar-refractivity contribution in [2.75, 3.05) is 57.9 Å². The highest BCUT2D eigenvalue weighted by molar-refractivity contribution is 14.0. The number of nitrogens with zero attached hydrogens (tertiary/aromatic N) is 2. The molecule has 2 fully saturated rings. The van der Waals surface area contributed by atoms with Gasteiger partial charge in [0, 0.05) is 44.5 Å². The van der Waals surface area contributed by atoms with Crippen LogP contribution in [0.15, 0.2) is 4.99 Å². The third-order valence-electron chi connectivity index (χ3n) is 4.45. The number of rotatable bonds is 5. The van der Waals surface area contributed by atoms with Crippen LogP contribution >= 0.6 is 35.7 Å². The van der Waals surface area contributed by atoms with Gasteiger partial charge in [-0.05, 0) is 26.0 Å². The van der Waals surface area contributed by atoms with E-state index in [1.807, 2.05) is 11.8 Å². The van der Waals surface area contributed by atoms with Gasteiger partial charge in [0.1, 0.15) is 0 Å². The Morgan fingerprint density at radius 3 is 2.61 bits per heavy atom. The van der Waals surface area contributed by atoms with E-state index < -0.39 is 5.60 Å². The fourth-order valence-electron chi connectivity index (χ4n) is 2.79. The van der Waals surface area contributed by atoms with Crippen LogP contribution in [0.1, 0.15) is 20.3 Å². The van der Waals surface area contributed by atoms with Crippen LogP contribution in [0.2, 0.25) is 0 Å². The molecule has 2 aliphatic heterocycles. The van der Waals surface area contributed by atoms with Gasteiger partial charge in [-0.2, -0.15) is 11.8 Å². The van der Waals surface area contributed by atoms with Crippen LogP contribution in [-0.4, -0.2) is 85.1 Å². The number of morpholine rings is 1. The van der Waals surface area contributed by atoms with Crippen molar-refractivity contribution in [1.82, 2.24) is 15.5 Å². The molecule has 3 N–H and O–H groups in total. The first-order valence-corrected chi connectivity index (χ1v) is 9.18. The molecule has 2 saturated heterocycles. The van der Waals surface area contributed by atoms with Crippen molar-refractivity contribution in [2.24, 2.45) is 4.99 Å². The lowest BCUT2D eigenvalue weighted by molar-refractivity contribution is -0.00837. The van der Waals surface area contributed by atoms with E-state index in [0.717, 1.165) is 56.7 Å². The second kappa shape index (κ2) is 9.65. The number of hydrogen-bond acceptors (Lipinski definition) is 5. The second-order valence-corrected chi connectivity index (χ2v) is 7.82. The molecule has 2 rings (SSSR count). The normalized spacial score (nSPS) is 26.7. The Balaban J connectivity index is 0.00000264. The van der Waals surface area contributed by atoms with E-state index >= 15 is 0 Å². The number of ether oxygens (including phenoxy) is 1. The summed E-state index contributed by atoms with van der Waals surface area (Å²) >= 11 is 1.81. The van der Waals surface area contributed by atoms with Gasteiger partial charge in [0.05, 0.1) is 18.8 Å². The average Bonchev–Trinajstić information content (AvgIpc) is 2.95. The predicted octanol–water partition coefficient (Wildman–Crippen LogP) is 0.748. The van der Waals surface area contributed by atoms with Gasteiger partial charge in [-0.3, -0.25) is 9.89 Å². The van der Waals surface area contributed by atoms with E-state index in [9.17, 15) is 5.11 Å². The quantitative estimate of drug-likeness (QED) is 0.321. The second-order valence-electron chi connectivity index (χ2n) is 6.72. The Kier molecular flexibility index (Phi) is 8.92. The van der Waals surface area contributed by atoms with Gasteiger partial charge in [-0.1, -0.05) is 0 Å². The lowest BCUT2D eigenvalue weighted by atomic mass is 10.0. The highest BCUT2D eigenvalue weighted by Crippen LogP contribution is 2.26. The molecule has 1 unspecified atom stereocenters. The van der Waals surface area contributed by atoms with Crippen LogP contribution in [0, 0.1) is 0 Å². The zero-order chi connectivity index (χ0) is 16.1. The molecule has 0 saturated carbocycles. The minimum Gasteiger partial charge on any atom is -0.387 e. The zero-order valence-electron chi connectivity index (χ0n) is 14.4. The number of thioether (sulfide) groups is 1. The Morgan fingerprint density at radius 2 is 2.04 bits per heavy atom. The van der Waals surface area contributed by atoms with E-state index in [1.165, 1.54) is 0 Å². The standard InChI is InChI=1S/C15H30N4O2S.HI/c1-14(2,19-5-7-21-8-6-19)10-17-13(16-3)18-11-15(20)4-9-22-12-15;/h20H,4-12H2,1-3H3,(H2,16,17,18);1H. The van der Waals surface area contributed by atoms with Crippen LogP contribution in [-0.2, 0) is 4.74 Å². The lowest BCUT2D eigenvalue weighted by Gasteiger charge is -2.41. The summed E-state index contributed by atoms with van der Waals surface area (Å²) in [5, 5.41) is 17.0. The molecule has 0 amide bonds. The monoisotopic (exact) mass is 458 g/mol. The molecule has 23 heavy (non-hydrogen) atoms. The third kappa shape index (κ3) is 6.56. The van der Waals surface area contributed by atoms with E-state index in [1.54, 1.807) is 7.05 Å². The molecule has 0 aromatic heterocycles. The van der Waals surface area contributed by atoms with Gasteiger partial charge in [0.15, 0.2) is 5.96 Å². The van der Waals surface area contributed by atoms with E-state index in [-0.39, 0.29) is 29.5 Å². The van der Waals surface area contributed by atoms with Gasteiger partial charge < -0.3 is 20.5 Å². The van der Waals surface area contributed by atoms with Crippen molar-refractivity contribution in [2.45, 2.75) is 31.4 Å².